The second-order valence-electron chi connectivity index (χ2n) is 3.56. The highest BCUT2D eigenvalue weighted by molar-refractivity contribution is 8.13. The van der Waals surface area contributed by atoms with Gasteiger partial charge in [-0.3, -0.25) is 5.41 Å². The average Bonchev–Trinajstić information content (AvgIpc) is 2.75. The van der Waals surface area contributed by atoms with Crippen molar-refractivity contribution in [3.05, 3.63) is 36.2 Å². The molecule has 5 nitrogen and oxygen atoms in total. The predicted molar refractivity (Wildman–Crippen MR) is 70.9 cm³/mol. The first kappa shape index (κ1) is 12.6. The van der Waals surface area contributed by atoms with Crippen LogP contribution >= 0.6 is 11.8 Å². The van der Waals surface area contributed by atoms with E-state index in [1.807, 2.05) is 0 Å². The summed E-state index contributed by atoms with van der Waals surface area (Å²) in [6, 6.07) is 4.62. The molecule has 2 rings (SSSR count). The van der Waals surface area contributed by atoms with Crippen molar-refractivity contribution in [1.82, 2.24) is 14.8 Å². The van der Waals surface area contributed by atoms with E-state index in [1.54, 1.807) is 25.3 Å². The number of anilines is 1. The number of benzene rings is 1. The zero-order valence-corrected chi connectivity index (χ0v) is 10.8. The molecule has 0 aliphatic carbocycles. The molecule has 94 valence electrons. The molecule has 2 aromatic rings. The van der Waals surface area contributed by atoms with Crippen LogP contribution in [0.5, 0.6) is 0 Å². The van der Waals surface area contributed by atoms with Gasteiger partial charge in [0.1, 0.15) is 17.8 Å². The second kappa shape index (κ2) is 5.18. The Hall–Kier alpha value is -1.89. The number of rotatable bonds is 2. The van der Waals surface area contributed by atoms with Crippen LogP contribution in [0.1, 0.15) is 5.82 Å². The van der Waals surface area contributed by atoms with Gasteiger partial charge >= 0.3 is 0 Å². The van der Waals surface area contributed by atoms with Gasteiger partial charge in [0.05, 0.1) is 0 Å². The highest BCUT2D eigenvalue weighted by atomic mass is 32.2. The number of nitrogens with one attached hydrogen (secondary N) is 2. The molecule has 7 heteroatoms. The average molecular weight is 265 g/mol. The molecule has 0 spiro atoms. The summed E-state index contributed by atoms with van der Waals surface area (Å²) in [7, 11) is 0. The second-order valence-corrected chi connectivity index (χ2v) is 4.38. The van der Waals surface area contributed by atoms with E-state index in [0.717, 1.165) is 0 Å². The standard InChI is InChI=1S/C11H12FN5S/c1-7-14-6-17(16-7)10-4-3-8(5-9(10)12)15-11(13)18-2/h3-6H,1-2H3,(H2,13,15). The Morgan fingerprint density at radius 3 is 2.83 bits per heavy atom. The van der Waals surface area contributed by atoms with Crippen LogP contribution in [0.25, 0.3) is 5.69 Å². The largest absolute Gasteiger partial charge is 0.335 e. The maximum atomic E-state index is 13.9. The zero-order chi connectivity index (χ0) is 13.1. The topological polar surface area (TPSA) is 66.6 Å². The van der Waals surface area contributed by atoms with Crippen molar-refractivity contribution >= 4 is 22.6 Å². The van der Waals surface area contributed by atoms with E-state index in [2.05, 4.69) is 15.4 Å². The van der Waals surface area contributed by atoms with E-state index in [9.17, 15) is 4.39 Å². The fourth-order valence-electron chi connectivity index (χ4n) is 1.41. The summed E-state index contributed by atoms with van der Waals surface area (Å²) in [5.74, 6) is 0.166. The lowest BCUT2D eigenvalue weighted by atomic mass is 10.2. The van der Waals surface area contributed by atoms with Gasteiger partial charge in [0.15, 0.2) is 11.0 Å². The van der Waals surface area contributed by atoms with Crippen molar-refractivity contribution < 1.29 is 4.39 Å². The Morgan fingerprint density at radius 2 is 2.28 bits per heavy atom. The van der Waals surface area contributed by atoms with Gasteiger partial charge in [-0.15, -0.1) is 0 Å². The number of nitrogens with zero attached hydrogens (tertiary/aromatic N) is 3. The van der Waals surface area contributed by atoms with Crippen LogP contribution in [0.2, 0.25) is 0 Å². The molecule has 0 radical (unpaired) electrons. The number of halogens is 1. The molecule has 18 heavy (non-hydrogen) atoms. The molecular weight excluding hydrogens is 253 g/mol. The van der Waals surface area contributed by atoms with E-state index in [1.165, 1.54) is 28.8 Å². The normalized spacial score (nSPS) is 10.4. The molecular formula is C11H12FN5S. The van der Waals surface area contributed by atoms with E-state index < -0.39 is 5.82 Å². The van der Waals surface area contributed by atoms with Gasteiger partial charge in [0, 0.05) is 5.69 Å². The van der Waals surface area contributed by atoms with Crippen LogP contribution in [-0.4, -0.2) is 26.2 Å². The maximum Gasteiger partial charge on any atom is 0.157 e. The Kier molecular flexibility index (Phi) is 3.61. The number of aryl methyl sites for hydroxylation is 1. The Morgan fingerprint density at radius 1 is 1.50 bits per heavy atom. The van der Waals surface area contributed by atoms with Gasteiger partial charge in [-0.1, -0.05) is 11.8 Å². The third kappa shape index (κ3) is 2.67. The molecule has 1 aromatic heterocycles. The zero-order valence-electron chi connectivity index (χ0n) is 9.94. The van der Waals surface area contributed by atoms with E-state index >= 15 is 0 Å². The SMILES string of the molecule is CSC(=N)Nc1ccc(-n2cnc(C)n2)c(F)c1. The van der Waals surface area contributed by atoms with E-state index in [4.69, 9.17) is 5.41 Å². The number of hydrogen-bond acceptors (Lipinski definition) is 4. The summed E-state index contributed by atoms with van der Waals surface area (Å²) in [6.45, 7) is 1.74. The van der Waals surface area contributed by atoms with Crippen LogP contribution in [0, 0.1) is 18.2 Å². The molecule has 1 aromatic carbocycles. The summed E-state index contributed by atoms with van der Waals surface area (Å²) in [5.41, 5.74) is 0.865. The summed E-state index contributed by atoms with van der Waals surface area (Å²) in [6.07, 6.45) is 3.24. The van der Waals surface area contributed by atoms with Gasteiger partial charge in [0.25, 0.3) is 0 Å². The number of aromatic nitrogens is 3. The molecule has 0 amide bonds. The molecule has 0 bridgehead atoms. The minimum atomic E-state index is -0.418. The fourth-order valence-corrected chi connectivity index (χ4v) is 1.63. The first-order valence-corrected chi connectivity index (χ1v) is 6.40. The highest BCUT2D eigenvalue weighted by Crippen LogP contribution is 2.18. The summed E-state index contributed by atoms with van der Waals surface area (Å²) >= 11 is 1.25. The highest BCUT2D eigenvalue weighted by Gasteiger charge is 2.07. The fraction of sp³-hybridized carbons (Fsp3) is 0.182. The monoisotopic (exact) mass is 265 g/mol. The van der Waals surface area contributed by atoms with Crippen LogP contribution in [-0.2, 0) is 0 Å². The summed E-state index contributed by atoms with van der Waals surface area (Å²) in [4.78, 5) is 3.95. The molecule has 0 saturated heterocycles. The van der Waals surface area contributed by atoms with Gasteiger partial charge in [-0.05, 0) is 31.4 Å². The summed E-state index contributed by atoms with van der Waals surface area (Å²) < 4.78 is 15.3. The molecule has 2 N–H and O–H groups in total. The molecule has 0 saturated carbocycles. The molecule has 1 heterocycles. The maximum absolute atomic E-state index is 13.9. The van der Waals surface area contributed by atoms with Crippen LogP contribution < -0.4 is 5.32 Å². The van der Waals surface area contributed by atoms with Gasteiger partial charge in [-0.25, -0.2) is 14.1 Å². The summed E-state index contributed by atoms with van der Waals surface area (Å²) in [5, 5.41) is 14.6. The molecule has 0 atom stereocenters. The van der Waals surface area contributed by atoms with Crippen molar-refractivity contribution in [2.75, 3.05) is 11.6 Å². The number of hydrogen-bond donors (Lipinski definition) is 2. The Balaban J connectivity index is 2.28. The minimum Gasteiger partial charge on any atom is -0.335 e. The molecule has 0 aliphatic rings. The Bertz CT molecular complexity index is 581. The van der Waals surface area contributed by atoms with Gasteiger partial charge in [-0.2, -0.15) is 5.10 Å². The van der Waals surface area contributed by atoms with E-state index in [-0.39, 0.29) is 5.17 Å². The number of thioether (sulfide) groups is 1. The lowest BCUT2D eigenvalue weighted by molar-refractivity contribution is 0.611. The van der Waals surface area contributed by atoms with Crippen LogP contribution in [0.3, 0.4) is 0 Å². The lowest BCUT2D eigenvalue weighted by Gasteiger charge is -2.07. The predicted octanol–water partition coefficient (Wildman–Crippen LogP) is 2.42. The minimum absolute atomic E-state index is 0.263. The number of amidine groups is 1. The Labute approximate surface area is 108 Å². The molecule has 0 aliphatic heterocycles. The van der Waals surface area contributed by atoms with Crippen molar-refractivity contribution in [3.63, 3.8) is 0 Å². The quantitative estimate of drug-likeness (QED) is 0.646. The van der Waals surface area contributed by atoms with Crippen molar-refractivity contribution in [2.45, 2.75) is 6.92 Å². The van der Waals surface area contributed by atoms with Crippen LogP contribution in [0.15, 0.2) is 24.5 Å². The third-order valence-electron chi connectivity index (χ3n) is 2.26. The smallest absolute Gasteiger partial charge is 0.157 e. The van der Waals surface area contributed by atoms with Crippen molar-refractivity contribution in [3.8, 4) is 5.69 Å². The van der Waals surface area contributed by atoms with E-state index in [0.29, 0.717) is 17.2 Å². The first-order valence-electron chi connectivity index (χ1n) is 5.18. The van der Waals surface area contributed by atoms with Gasteiger partial charge in [0.2, 0.25) is 0 Å². The first-order chi connectivity index (χ1) is 8.60. The third-order valence-corrected chi connectivity index (χ3v) is 2.77. The molecule has 0 unspecified atom stereocenters. The van der Waals surface area contributed by atoms with Gasteiger partial charge < -0.3 is 5.32 Å². The molecule has 0 fully saturated rings. The van der Waals surface area contributed by atoms with Crippen molar-refractivity contribution in [2.24, 2.45) is 0 Å². The lowest BCUT2D eigenvalue weighted by Crippen LogP contribution is -2.06. The van der Waals surface area contributed by atoms with Crippen LogP contribution in [0.4, 0.5) is 10.1 Å². The van der Waals surface area contributed by atoms with Crippen molar-refractivity contribution in [1.29, 1.82) is 5.41 Å².